The number of Topliss-reactive ketones (excluding diaryl/α,β-unsaturated/α-hetero) is 1. The number of fused-ring (bicyclic) bond motifs is 5. The molecule has 0 amide bonds. The Hall–Kier alpha value is -1.62. The number of hydrogen-bond donors (Lipinski definition) is 1. The Morgan fingerprint density at radius 3 is 2.67 bits per heavy atom. The van der Waals surface area contributed by atoms with Crippen LogP contribution in [0, 0.1) is 22.7 Å². The molecule has 6 atom stereocenters. The minimum Gasteiger partial charge on any atom is -0.472 e. The maximum atomic E-state index is 13.1. The number of carbonyl (C=O) groups excluding carboxylic acids is 2. The summed E-state index contributed by atoms with van der Waals surface area (Å²) in [6, 6.07) is 0. The Kier molecular flexibility index (Phi) is 4.12. The van der Waals surface area contributed by atoms with Crippen LogP contribution in [0.5, 0.6) is 0 Å². The van der Waals surface area contributed by atoms with Crippen molar-refractivity contribution >= 4 is 11.8 Å². The Bertz CT molecular complexity index is 781. The maximum absolute atomic E-state index is 13.1. The van der Waals surface area contributed by atoms with Gasteiger partial charge in [0.1, 0.15) is 0 Å². The highest BCUT2D eigenvalue weighted by atomic mass is 16.5. The molecular weight excluding hydrogens is 344 g/mol. The largest absolute Gasteiger partial charge is 0.472 e. The molecule has 5 heteroatoms. The molecule has 1 N–H and O–H groups in total. The van der Waals surface area contributed by atoms with Crippen molar-refractivity contribution in [3.63, 3.8) is 0 Å². The first-order valence-corrected chi connectivity index (χ1v) is 10.0. The van der Waals surface area contributed by atoms with Crippen molar-refractivity contribution < 1.29 is 23.8 Å². The predicted octanol–water partition coefficient (Wildman–Crippen LogP) is 3.42. The number of hydrogen-bond acceptors (Lipinski definition) is 5. The van der Waals surface area contributed by atoms with Gasteiger partial charge >= 0.3 is 5.97 Å². The van der Waals surface area contributed by atoms with E-state index in [-0.39, 0.29) is 29.1 Å². The van der Waals surface area contributed by atoms with E-state index in [9.17, 15) is 14.7 Å². The number of ether oxygens (including phenoxy) is 1. The molecule has 148 valence electrons. The molecule has 2 fully saturated rings. The van der Waals surface area contributed by atoms with E-state index in [0.29, 0.717) is 12.3 Å². The summed E-state index contributed by atoms with van der Waals surface area (Å²) in [6.07, 6.45) is 7.18. The van der Waals surface area contributed by atoms with E-state index < -0.39 is 17.5 Å². The molecule has 0 spiro atoms. The van der Waals surface area contributed by atoms with Gasteiger partial charge in [-0.25, -0.2) is 0 Å². The zero-order valence-electron chi connectivity index (χ0n) is 16.7. The fourth-order valence-electron chi connectivity index (χ4n) is 7.12. The molecule has 4 rings (SSSR count). The number of aliphatic hydroxyl groups is 1. The van der Waals surface area contributed by atoms with Gasteiger partial charge in [-0.1, -0.05) is 20.8 Å². The zero-order valence-corrected chi connectivity index (χ0v) is 16.7. The SMILES string of the molecule is CC(=O)O[C@H]1C(=O)C[C@]2(C)C3CCc4cocc4[C@]3(C)CCC2[C@@]1(C)CO. The van der Waals surface area contributed by atoms with Crippen LogP contribution < -0.4 is 0 Å². The van der Waals surface area contributed by atoms with Gasteiger partial charge < -0.3 is 14.3 Å². The second-order valence-corrected chi connectivity index (χ2v) is 9.71. The van der Waals surface area contributed by atoms with Gasteiger partial charge in [0, 0.05) is 18.8 Å². The molecule has 0 radical (unpaired) electrons. The fraction of sp³-hybridized carbons (Fsp3) is 0.727. The summed E-state index contributed by atoms with van der Waals surface area (Å²) in [4.78, 5) is 24.8. The molecular formula is C22H30O5. The van der Waals surface area contributed by atoms with Crippen molar-refractivity contribution in [2.24, 2.45) is 22.7 Å². The van der Waals surface area contributed by atoms with Gasteiger partial charge in [-0.3, -0.25) is 9.59 Å². The summed E-state index contributed by atoms with van der Waals surface area (Å²) in [5.41, 5.74) is 1.59. The fourth-order valence-corrected chi connectivity index (χ4v) is 7.12. The Labute approximate surface area is 160 Å². The zero-order chi connectivity index (χ0) is 19.6. The lowest BCUT2D eigenvalue weighted by atomic mass is 9.40. The number of aliphatic hydroxyl groups excluding tert-OH is 1. The molecule has 1 aromatic heterocycles. The van der Waals surface area contributed by atoms with Crippen molar-refractivity contribution in [1.29, 1.82) is 0 Å². The van der Waals surface area contributed by atoms with Gasteiger partial charge in [-0.15, -0.1) is 0 Å². The molecule has 3 aliphatic carbocycles. The summed E-state index contributed by atoms with van der Waals surface area (Å²) in [5, 5.41) is 10.3. The maximum Gasteiger partial charge on any atom is 0.303 e. The van der Waals surface area contributed by atoms with Crippen LogP contribution in [0.2, 0.25) is 0 Å². The lowest BCUT2D eigenvalue weighted by Gasteiger charge is -2.64. The van der Waals surface area contributed by atoms with Crippen LogP contribution in [0.25, 0.3) is 0 Å². The highest BCUT2D eigenvalue weighted by Gasteiger charge is 2.66. The second kappa shape index (κ2) is 5.94. The quantitative estimate of drug-likeness (QED) is 0.803. The van der Waals surface area contributed by atoms with E-state index in [2.05, 4.69) is 13.8 Å². The van der Waals surface area contributed by atoms with Crippen LogP contribution in [0.4, 0.5) is 0 Å². The number of rotatable bonds is 2. The monoisotopic (exact) mass is 374 g/mol. The number of aryl methyl sites for hydroxylation is 1. The third-order valence-corrected chi connectivity index (χ3v) is 8.24. The van der Waals surface area contributed by atoms with Crippen LogP contribution in [0.15, 0.2) is 16.9 Å². The van der Waals surface area contributed by atoms with Gasteiger partial charge in [0.05, 0.1) is 19.1 Å². The third kappa shape index (κ3) is 2.40. The number of carbonyl (C=O) groups is 2. The first-order valence-electron chi connectivity index (χ1n) is 10.0. The van der Waals surface area contributed by atoms with Gasteiger partial charge in [-0.2, -0.15) is 0 Å². The molecule has 27 heavy (non-hydrogen) atoms. The van der Waals surface area contributed by atoms with E-state index in [4.69, 9.17) is 9.15 Å². The number of esters is 1. The first kappa shape index (κ1) is 18.7. The normalized spacial score (nSPS) is 43.4. The van der Waals surface area contributed by atoms with E-state index in [1.165, 1.54) is 18.1 Å². The molecule has 0 bridgehead atoms. The molecule has 0 saturated heterocycles. The van der Waals surface area contributed by atoms with E-state index >= 15 is 0 Å². The van der Waals surface area contributed by atoms with Gasteiger partial charge in [0.25, 0.3) is 0 Å². The van der Waals surface area contributed by atoms with E-state index in [1.54, 1.807) is 0 Å². The molecule has 1 aromatic rings. The Morgan fingerprint density at radius 2 is 2.00 bits per heavy atom. The van der Waals surface area contributed by atoms with Crippen LogP contribution in [0.1, 0.15) is 64.5 Å². The van der Waals surface area contributed by atoms with Crippen molar-refractivity contribution in [1.82, 2.24) is 0 Å². The number of furan rings is 1. The summed E-state index contributed by atoms with van der Waals surface area (Å²) >= 11 is 0. The molecule has 2 unspecified atom stereocenters. The first-order chi connectivity index (χ1) is 12.7. The van der Waals surface area contributed by atoms with Crippen LogP contribution in [-0.4, -0.2) is 29.6 Å². The molecule has 0 aromatic carbocycles. The summed E-state index contributed by atoms with van der Waals surface area (Å²) in [7, 11) is 0. The van der Waals surface area contributed by atoms with Crippen molar-refractivity contribution in [2.75, 3.05) is 6.61 Å². The minimum atomic E-state index is -0.851. The van der Waals surface area contributed by atoms with Crippen LogP contribution >= 0.6 is 0 Å². The highest BCUT2D eigenvalue weighted by molar-refractivity contribution is 5.88. The smallest absolute Gasteiger partial charge is 0.303 e. The predicted molar refractivity (Wildman–Crippen MR) is 99.1 cm³/mol. The Balaban J connectivity index is 1.78. The van der Waals surface area contributed by atoms with Crippen LogP contribution in [0.3, 0.4) is 0 Å². The average Bonchev–Trinajstić information content (AvgIpc) is 3.08. The summed E-state index contributed by atoms with van der Waals surface area (Å²) < 4.78 is 11.0. The molecule has 1 heterocycles. The number of ketones is 1. The summed E-state index contributed by atoms with van der Waals surface area (Å²) in [6.45, 7) is 7.64. The van der Waals surface area contributed by atoms with E-state index in [1.807, 2.05) is 19.5 Å². The van der Waals surface area contributed by atoms with Crippen molar-refractivity contribution in [3.05, 3.63) is 23.7 Å². The minimum absolute atomic E-state index is 0.0171. The topological polar surface area (TPSA) is 76.7 Å². The lowest BCUT2D eigenvalue weighted by Crippen LogP contribution is -2.65. The van der Waals surface area contributed by atoms with Gasteiger partial charge in [0.2, 0.25) is 0 Å². The van der Waals surface area contributed by atoms with Crippen molar-refractivity contribution in [2.45, 2.75) is 71.3 Å². The second-order valence-electron chi connectivity index (χ2n) is 9.71. The standard InChI is InChI=1S/C22H30O5/c1-13(24)27-19-16(25)9-21(3)17-6-5-14-10-26-11-15(14)20(17,2)8-7-18(21)22(19,4)12-23/h10-11,17-19,23H,5-9,12H2,1-4H3/t17?,18?,19-,20-,21+,22+/m0/s1. The van der Waals surface area contributed by atoms with Crippen LogP contribution in [-0.2, 0) is 26.2 Å². The molecule has 0 aliphatic heterocycles. The summed E-state index contributed by atoms with van der Waals surface area (Å²) in [5.74, 6) is -0.0498. The molecule has 2 saturated carbocycles. The third-order valence-electron chi connectivity index (χ3n) is 8.24. The average molecular weight is 374 g/mol. The van der Waals surface area contributed by atoms with Gasteiger partial charge in [-0.05, 0) is 59.5 Å². The van der Waals surface area contributed by atoms with Crippen molar-refractivity contribution in [3.8, 4) is 0 Å². The lowest BCUT2D eigenvalue weighted by molar-refractivity contribution is -0.199. The Morgan fingerprint density at radius 1 is 1.26 bits per heavy atom. The van der Waals surface area contributed by atoms with Gasteiger partial charge in [0.15, 0.2) is 11.9 Å². The highest BCUT2D eigenvalue weighted by Crippen LogP contribution is 2.66. The van der Waals surface area contributed by atoms with E-state index in [0.717, 1.165) is 25.7 Å². The molecule has 5 nitrogen and oxygen atoms in total. The molecule has 3 aliphatic rings.